The van der Waals surface area contributed by atoms with Crippen LogP contribution in [0.15, 0.2) is 30.3 Å². The highest BCUT2D eigenvalue weighted by atomic mass is 19.1. The molecule has 0 fully saturated rings. The normalized spacial score (nSPS) is 10.1. The Morgan fingerprint density at radius 1 is 1.24 bits per heavy atom. The third-order valence-corrected chi connectivity index (χ3v) is 2.28. The highest BCUT2D eigenvalue weighted by Crippen LogP contribution is 2.23. The SMILES string of the molecule is CNc1cc(OC)nc(-c2ccccc2F)n1. The van der Waals surface area contributed by atoms with Crippen LogP contribution in [0.2, 0.25) is 0 Å². The molecule has 1 aromatic heterocycles. The standard InChI is InChI=1S/C12H12FN3O/c1-14-10-7-11(17-2)16-12(15-10)8-5-3-4-6-9(8)13/h3-7H,1-2H3,(H,14,15,16). The molecule has 0 atom stereocenters. The number of ether oxygens (including phenoxy) is 1. The first kappa shape index (κ1) is 11.3. The van der Waals surface area contributed by atoms with Crippen LogP contribution in [0.5, 0.6) is 5.88 Å². The average molecular weight is 233 g/mol. The third-order valence-electron chi connectivity index (χ3n) is 2.28. The Hall–Kier alpha value is -2.17. The molecular weight excluding hydrogens is 221 g/mol. The van der Waals surface area contributed by atoms with Crippen LogP contribution < -0.4 is 10.1 Å². The minimum absolute atomic E-state index is 0.298. The Bertz CT molecular complexity index is 509. The van der Waals surface area contributed by atoms with Crippen molar-refractivity contribution in [2.75, 3.05) is 19.5 Å². The van der Waals surface area contributed by atoms with Crippen molar-refractivity contribution in [2.24, 2.45) is 0 Å². The number of rotatable bonds is 3. The van der Waals surface area contributed by atoms with Gasteiger partial charge in [0.1, 0.15) is 11.6 Å². The number of methoxy groups -OCH3 is 1. The van der Waals surface area contributed by atoms with Crippen molar-refractivity contribution in [3.05, 3.63) is 36.1 Å². The van der Waals surface area contributed by atoms with Crippen molar-refractivity contribution in [1.82, 2.24) is 9.97 Å². The van der Waals surface area contributed by atoms with Crippen molar-refractivity contribution in [3.63, 3.8) is 0 Å². The summed E-state index contributed by atoms with van der Waals surface area (Å²) in [6.07, 6.45) is 0. The second-order valence-corrected chi connectivity index (χ2v) is 3.35. The zero-order valence-corrected chi connectivity index (χ0v) is 9.57. The van der Waals surface area contributed by atoms with Gasteiger partial charge in [0.05, 0.1) is 12.7 Å². The number of benzene rings is 1. The van der Waals surface area contributed by atoms with Crippen molar-refractivity contribution in [2.45, 2.75) is 0 Å². The van der Waals surface area contributed by atoms with Gasteiger partial charge in [0.2, 0.25) is 5.88 Å². The summed E-state index contributed by atoms with van der Waals surface area (Å²) in [5.74, 6) is 0.910. The minimum Gasteiger partial charge on any atom is -0.481 e. The molecule has 0 aliphatic rings. The van der Waals surface area contributed by atoms with E-state index in [0.29, 0.717) is 23.1 Å². The van der Waals surface area contributed by atoms with E-state index in [2.05, 4.69) is 15.3 Å². The number of hydrogen-bond donors (Lipinski definition) is 1. The number of aromatic nitrogens is 2. The average Bonchev–Trinajstić information content (AvgIpc) is 2.38. The van der Waals surface area contributed by atoms with Crippen molar-refractivity contribution in [1.29, 1.82) is 0 Å². The molecule has 0 saturated carbocycles. The molecule has 1 heterocycles. The molecule has 0 radical (unpaired) electrons. The third kappa shape index (κ3) is 2.33. The fraction of sp³-hybridized carbons (Fsp3) is 0.167. The lowest BCUT2D eigenvalue weighted by molar-refractivity contribution is 0.397. The second kappa shape index (κ2) is 4.78. The van der Waals surface area contributed by atoms with Gasteiger partial charge in [0.15, 0.2) is 5.82 Å². The Morgan fingerprint density at radius 3 is 2.65 bits per heavy atom. The van der Waals surface area contributed by atoms with Gasteiger partial charge in [0.25, 0.3) is 0 Å². The minimum atomic E-state index is -0.359. The maximum Gasteiger partial charge on any atom is 0.218 e. The lowest BCUT2D eigenvalue weighted by atomic mass is 10.2. The van der Waals surface area contributed by atoms with E-state index in [1.807, 2.05) is 0 Å². The molecule has 0 bridgehead atoms. The summed E-state index contributed by atoms with van der Waals surface area (Å²) >= 11 is 0. The monoisotopic (exact) mass is 233 g/mol. The topological polar surface area (TPSA) is 47.0 Å². The molecule has 17 heavy (non-hydrogen) atoms. The molecule has 0 unspecified atom stereocenters. The van der Waals surface area contributed by atoms with E-state index in [1.54, 1.807) is 31.3 Å². The molecular formula is C12H12FN3O. The Labute approximate surface area is 98.5 Å². The summed E-state index contributed by atoms with van der Waals surface area (Å²) in [5.41, 5.74) is 0.350. The molecule has 1 aromatic carbocycles. The molecule has 0 aliphatic heterocycles. The molecule has 2 aromatic rings. The fourth-order valence-corrected chi connectivity index (χ4v) is 1.42. The number of anilines is 1. The lowest BCUT2D eigenvalue weighted by Crippen LogP contribution is -2.00. The van der Waals surface area contributed by atoms with Crippen molar-refractivity contribution in [3.8, 4) is 17.3 Å². The van der Waals surface area contributed by atoms with Gasteiger partial charge in [-0.1, -0.05) is 12.1 Å². The van der Waals surface area contributed by atoms with Crippen LogP contribution in [0.4, 0.5) is 10.2 Å². The predicted octanol–water partition coefficient (Wildman–Crippen LogP) is 2.33. The van der Waals surface area contributed by atoms with Crippen LogP contribution in [0.1, 0.15) is 0 Å². The summed E-state index contributed by atoms with van der Waals surface area (Å²) in [6, 6.07) is 8.00. The molecule has 88 valence electrons. The van der Waals surface area contributed by atoms with Crippen molar-refractivity contribution >= 4 is 5.82 Å². The maximum atomic E-state index is 13.6. The van der Waals surface area contributed by atoms with Gasteiger partial charge in [-0.05, 0) is 12.1 Å². The Kier molecular flexibility index (Phi) is 3.18. The zero-order chi connectivity index (χ0) is 12.3. The van der Waals surface area contributed by atoms with Gasteiger partial charge in [-0.25, -0.2) is 9.37 Å². The summed E-state index contributed by atoms with van der Waals surface area (Å²) in [7, 11) is 3.24. The van der Waals surface area contributed by atoms with E-state index < -0.39 is 0 Å². The summed E-state index contributed by atoms with van der Waals surface area (Å²) in [5, 5.41) is 2.88. The number of hydrogen-bond acceptors (Lipinski definition) is 4. The van der Waals surface area contributed by atoms with Crippen LogP contribution in [0.3, 0.4) is 0 Å². The maximum absolute atomic E-state index is 13.6. The smallest absolute Gasteiger partial charge is 0.218 e. The zero-order valence-electron chi connectivity index (χ0n) is 9.57. The van der Waals surface area contributed by atoms with Gasteiger partial charge in [-0.2, -0.15) is 4.98 Å². The molecule has 0 spiro atoms. The molecule has 1 N–H and O–H groups in total. The van der Waals surface area contributed by atoms with E-state index in [-0.39, 0.29) is 5.82 Å². The summed E-state index contributed by atoms with van der Waals surface area (Å²) in [6.45, 7) is 0. The highest BCUT2D eigenvalue weighted by Gasteiger charge is 2.10. The van der Waals surface area contributed by atoms with Gasteiger partial charge in [-0.3, -0.25) is 0 Å². The van der Waals surface area contributed by atoms with Crippen LogP contribution in [0.25, 0.3) is 11.4 Å². The van der Waals surface area contributed by atoms with E-state index in [1.165, 1.54) is 13.2 Å². The van der Waals surface area contributed by atoms with Gasteiger partial charge in [0, 0.05) is 13.1 Å². The van der Waals surface area contributed by atoms with Crippen LogP contribution in [0, 0.1) is 5.82 Å². The first-order chi connectivity index (χ1) is 8.24. The summed E-state index contributed by atoms with van der Waals surface area (Å²) < 4.78 is 18.7. The molecule has 0 saturated heterocycles. The number of halogens is 1. The molecule has 2 rings (SSSR count). The van der Waals surface area contributed by atoms with E-state index in [4.69, 9.17) is 4.74 Å². The second-order valence-electron chi connectivity index (χ2n) is 3.35. The van der Waals surface area contributed by atoms with Gasteiger partial charge < -0.3 is 10.1 Å². The largest absolute Gasteiger partial charge is 0.481 e. The first-order valence-electron chi connectivity index (χ1n) is 5.10. The Morgan fingerprint density at radius 2 is 2.00 bits per heavy atom. The highest BCUT2D eigenvalue weighted by molar-refractivity contribution is 5.58. The van der Waals surface area contributed by atoms with Gasteiger partial charge >= 0.3 is 0 Å². The van der Waals surface area contributed by atoms with Crippen molar-refractivity contribution < 1.29 is 9.13 Å². The van der Waals surface area contributed by atoms with Gasteiger partial charge in [-0.15, -0.1) is 0 Å². The molecule has 5 heteroatoms. The fourth-order valence-electron chi connectivity index (χ4n) is 1.42. The molecule has 0 amide bonds. The van der Waals surface area contributed by atoms with E-state index >= 15 is 0 Å². The number of nitrogens with zero attached hydrogens (tertiary/aromatic N) is 2. The van der Waals surface area contributed by atoms with Crippen LogP contribution in [-0.4, -0.2) is 24.1 Å². The van der Waals surface area contributed by atoms with Crippen LogP contribution in [-0.2, 0) is 0 Å². The Balaban J connectivity index is 2.55. The van der Waals surface area contributed by atoms with Crippen LogP contribution >= 0.6 is 0 Å². The molecule has 4 nitrogen and oxygen atoms in total. The molecule has 0 aliphatic carbocycles. The first-order valence-corrected chi connectivity index (χ1v) is 5.10. The lowest BCUT2D eigenvalue weighted by Gasteiger charge is -2.07. The summed E-state index contributed by atoms with van der Waals surface area (Å²) in [4.78, 5) is 8.31. The van der Waals surface area contributed by atoms with E-state index in [0.717, 1.165) is 0 Å². The predicted molar refractivity (Wildman–Crippen MR) is 63.5 cm³/mol. The quantitative estimate of drug-likeness (QED) is 0.883. The number of nitrogens with one attached hydrogen (secondary N) is 1. The van der Waals surface area contributed by atoms with E-state index in [9.17, 15) is 4.39 Å².